The van der Waals surface area contributed by atoms with Crippen LogP contribution in [0.5, 0.6) is 5.75 Å². The van der Waals surface area contributed by atoms with Crippen molar-refractivity contribution in [2.45, 2.75) is 44.8 Å². The minimum Gasteiger partial charge on any atom is -0.490 e. The van der Waals surface area contributed by atoms with Crippen LogP contribution in [-0.4, -0.2) is 11.9 Å². The third kappa shape index (κ3) is 3.07. The Bertz CT molecular complexity index is 397. The molecule has 0 bridgehead atoms. The zero-order chi connectivity index (χ0) is 12.3. The first-order valence-corrected chi connectivity index (χ1v) is 6.19. The first-order chi connectivity index (χ1) is 8.16. The predicted molar refractivity (Wildman–Crippen MR) is 66.9 cm³/mol. The lowest BCUT2D eigenvalue weighted by atomic mass is 10.0. The molecule has 3 heteroatoms. The summed E-state index contributed by atoms with van der Waals surface area (Å²) in [5.74, 6) is 0.800. The van der Waals surface area contributed by atoms with E-state index in [1.165, 1.54) is 19.8 Å². The number of benzene rings is 1. The van der Waals surface area contributed by atoms with Crippen LogP contribution >= 0.6 is 0 Å². The summed E-state index contributed by atoms with van der Waals surface area (Å²) in [7, 11) is 0. The quantitative estimate of drug-likeness (QED) is 0.869. The Balaban J connectivity index is 2.07. The first-order valence-electron chi connectivity index (χ1n) is 6.19. The van der Waals surface area contributed by atoms with Gasteiger partial charge in [-0.05, 0) is 50.3 Å². The van der Waals surface area contributed by atoms with Crippen LogP contribution in [0.3, 0.4) is 0 Å². The highest BCUT2D eigenvalue weighted by atomic mass is 16.5. The van der Waals surface area contributed by atoms with E-state index in [1.807, 2.05) is 24.3 Å². The topological polar surface area (TPSA) is 52.3 Å². The lowest BCUT2D eigenvalue weighted by Crippen LogP contribution is -2.18. The van der Waals surface area contributed by atoms with Gasteiger partial charge in [0.1, 0.15) is 5.75 Å². The molecule has 0 aliphatic heterocycles. The highest BCUT2D eigenvalue weighted by Gasteiger charge is 2.17. The molecule has 1 aromatic rings. The molecule has 0 spiro atoms. The number of Topliss-reactive ketones (excluding diaryl/α,β-unsaturated/α-hetero) is 1. The fourth-order valence-electron chi connectivity index (χ4n) is 2.21. The molecule has 0 saturated heterocycles. The van der Waals surface area contributed by atoms with Crippen LogP contribution in [0.1, 0.15) is 44.2 Å². The van der Waals surface area contributed by atoms with Crippen LogP contribution < -0.4 is 10.5 Å². The average molecular weight is 233 g/mol. The highest BCUT2D eigenvalue weighted by Crippen LogP contribution is 2.25. The van der Waals surface area contributed by atoms with Crippen molar-refractivity contribution in [1.29, 1.82) is 0 Å². The molecule has 1 aliphatic carbocycles. The van der Waals surface area contributed by atoms with Crippen molar-refractivity contribution in [1.82, 2.24) is 0 Å². The fourth-order valence-corrected chi connectivity index (χ4v) is 2.21. The van der Waals surface area contributed by atoms with Gasteiger partial charge in [0.15, 0.2) is 5.78 Å². The van der Waals surface area contributed by atoms with Gasteiger partial charge >= 0.3 is 0 Å². The van der Waals surface area contributed by atoms with Gasteiger partial charge in [0.25, 0.3) is 0 Å². The Kier molecular flexibility index (Phi) is 3.79. The maximum absolute atomic E-state index is 11.2. The van der Waals surface area contributed by atoms with Crippen molar-refractivity contribution in [3.63, 3.8) is 0 Å². The smallest absolute Gasteiger partial charge is 0.150 e. The van der Waals surface area contributed by atoms with Crippen molar-refractivity contribution in [2.75, 3.05) is 0 Å². The average Bonchev–Trinajstić information content (AvgIpc) is 2.81. The molecule has 1 fully saturated rings. The largest absolute Gasteiger partial charge is 0.490 e. The normalized spacial score (nSPS) is 18.0. The molecule has 0 amide bonds. The van der Waals surface area contributed by atoms with E-state index in [2.05, 4.69) is 0 Å². The summed E-state index contributed by atoms with van der Waals surface area (Å²) in [6.45, 7) is 1.51. The summed E-state index contributed by atoms with van der Waals surface area (Å²) in [5, 5.41) is 0. The molecule has 92 valence electrons. The standard InChI is InChI=1S/C14H19NO2/c1-10(16)14(15)11-5-4-8-13(9-11)17-12-6-2-3-7-12/h4-5,8-9,12,14H,2-3,6-7,15H2,1H3. The van der Waals surface area contributed by atoms with Gasteiger partial charge in [-0.3, -0.25) is 4.79 Å². The number of ether oxygens (including phenoxy) is 1. The van der Waals surface area contributed by atoms with Gasteiger partial charge in [-0.25, -0.2) is 0 Å². The number of carbonyl (C=O) groups excluding carboxylic acids is 1. The van der Waals surface area contributed by atoms with Gasteiger partial charge in [-0.1, -0.05) is 12.1 Å². The zero-order valence-corrected chi connectivity index (χ0v) is 10.2. The third-order valence-electron chi connectivity index (χ3n) is 3.26. The fraction of sp³-hybridized carbons (Fsp3) is 0.500. The molecule has 3 nitrogen and oxygen atoms in total. The van der Waals surface area contributed by atoms with Gasteiger partial charge in [0.2, 0.25) is 0 Å². The van der Waals surface area contributed by atoms with Crippen LogP contribution in [0.4, 0.5) is 0 Å². The van der Waals surface area contributed by atoms with Gasteiger partial charge in [0.05, 0.1) is 12.1 Å². The Morgan fingerprint density at radius 3 is 2.76 bits per heavy atom. The van der Waals surface area contributed by atoms with Gasteiger partial charge in [0, 0.05) is 0 Å². The van der Waals surface area contributed by atoms with Crippen molar-refractivity contribution >= 4 is 5.78 Å². The molecule has 1 aromatic carbocycles. The third-order valence-corrected chi connectivity index (χ3v) is 3.26. The maximum Gasteiger partial charge on any atom is 0.150 e. The molecule has 0 heterocycles. The van der Waals surface area contributed by atoms with Crippen molar-refractivity contribution in [3.8, 4) is 5.75 Å². The number of hydrogen-bond donors (Lipinski definition) is 1. The molecule has 2 N–H and O–H groups in total. The van der Waals surface area contributed by atoms with E-state index in [1.54, 1.807) is 0 Å². The first kappa shape index (κ1) is 12.1. The van der Waals surface area contributed by atoms with E-state index < -0.39 is 6.04 Å². The van der Waals surface area contributed by atoms with E-state index >= 15 is 0 Å². The number of carbonyl (C=O) groups is 1. The van der Waals surface area contributed by atoms with E-state index in [0.29, 0.717) is 6.10 Å². The summed E-state index contributed by atoms with van der Waals surface area (Å²) in [5.41, 5.74) is 6.64. The molecule has 2 rings (SSSR count). The summed E-state index contributed by atoms with van der Waals surface area (Å²) < 4.78 is 5.88. The molecular formula is C14H19NO2. The summed E-state index contributed by atoms with van der Waals surface area (Å²) >= 11 is 0. The Hall–Kier alpha value is -1.35. The van der Waals surface area contributed by atoms with Crippen LogP contribution in [0.15, 0.2) is 24.3 Å². The lowest BCUT2D eigenvalue weighted by Gasteiger charge is -2.15. The molecule has 1 atom stereocenters. The molecule has 1 saturated carbocycles. The summed E-state index contributed by atoms with van der Waals surface area (Å²) in [6.07, 6.45) is 5.08. The van der Waals surface area contributed by atoms with E-state index in [4.69, 9.17) is 10.5 Å². The minimum atomic E-state index is -0.540. The minimum absolute atomic E-state index is 0.0250. The van der Waals surface area contributed by atoms with Gasteiger partial charge < -0.3 is 10.5 Å². The summed E-state index contributed by atoms with van der Waals surface area (Å²) in [6, 6.07) is 7.02. The van der Waals surface area contributed by atoms with Gasteiger partial charge in [-0.2, -0.15) is 0 Å². The molecule has 1 unspecified atom stereocenters. The molecule has 0 aromatic heterocycles. The molecule has 1 aliphatic rings. The van der Waals surface area contributed by atoms with E-state index in [-0.39, 0.29) is 5.78 Å². The Labute approximate surface area is 102 Å². The molecule has 0 radical (unpaired) electrons. The number of nitrogens with two attached hydrogens (primary N) is 1. The van der Waals surface area contributed by atoms with Crippen LogP contribution in [0.2, 0.25) is 0 Å². The summed E-state index contributed by atoms with van der Waals surface area (Å²) in [4.78, 5) is 11.2. The monoisotopic (exact) mass is 233 g/mol. The second-order valence-corrected chi connectivity index (χ2v) is 4.69. The van der Waals surface area contributed by atoms with E-state index in [9.17, 15) is 4.79 Å². The van der Waals surface area contributed by atoms with Gasteiger partial charge in [-0.15, -0.1) is 0 Å². The van der Waals surface area contributed by atoms with Crippen LogP contribution in [0.25, 0.3) is 0 Å². The number of hydrogen-bond acceptors (Lipinski definition) is 3. The zero-order valence-electron chi connectivity index (χ0n) is 10.2. The number of ketones is 1. The maximum atomic E-state index is 11.2. The van der Waals surface area contributed by atoms with Crippen molar-refractivity contribution < 1.29 is 9.53 Å². The lowest BCUT2D eigenvalue weighted by molar-refractivity contribution is -0.118. The van der Waals surface area contributed by atoms with Crippen molar-refractivity contribution in [2.24, 2.45) is 5.73 Å². The number of rotatable bonds is 4. The Morgan fingerprint density at radius 2 is 2.12 bits per heavy atom. The highest BCUT2D eigenvalue weighted by molar-refractivity contribution is 5.82. The molecular weight excluding hydrogens is 214 g/mol. The SMILES string of the molecule is CC(=O)C(N)c1cccc(OC2CCCC2)c1. The van der Waals surface area contributed by atoms with Crippen molar-refractivity contribution in [3.05, 3.63) is 29.8 Å². The predicted octanol–water partition coefficient (Wildman–Crippen LogP) is 2.60. The molecule has 17 heavy (non-hydrogen) atoms. The van der Waals surface area contributed by atoms with Crippen LogP contribution in [0, 0.1) is 0 Å². The Morgan fingerprint density at radius 1 is 1.41 bits per heavy atom. The second kappa shape index (κ2) is 5.32. The second-order valence-electron chi connectivity index (χ2n) is 4.69. The van der Waals surface area contributed by atoms with E-state index in [0.717, 1.165) is 24.2 Å². The van der Waals surface area contributed by atoms with Crippen LogP contribution in [-0.2, 0) is 4.79 Å².